The van der Waals surface area contributed by atoms with Crippen molar-refractivity contribution in [3.05, 3.63) is 64.5 Å². The summed E-state index contributed by atoms with van der Waals surface area (Å²) in [5.74, 6) is 0.897. The summed E-state index contributed by atoms with van der Waals surface area (Å²) in [5.41, 5.74) is 1.89. The average Bonchev–Trinajstić information content (AvgIpc) is 3.19. The van der Waals surface area contributed by atoms with Gasteiger partial charge in [-0.05, 0) is 56.2 Å². The van der Waals surface area contributed by atoms with Crippen molar-refractivity contribution in [2.45, 2.75) is 30.6 Å². The van der Waals surface area contributed by atoms with E-state index >= 15 is 0 Å². The van der Waals surface area contributed by atoms with E-state index in [1.807, 2.05) is 43.3 Å². The molecule has 1 aromatic heterocycles. The highest BCUT2D eigenvalue weighted by molar-refractivity contribution is 9.10. The van der Waals surface area contributed by atoms with E-state index in [9.17, 15) is 8.42 Å². The summed E-state index contributed by atoms with van der Waals surface area (Å²) in [6, 6.07) is 14.6. The van der Waals surface area contributed by atoms with E-state index in [2.05, 4.69) is 26.1 Å². The van der Waals surface area contributed by atoms with E-state index in [4.69, 9.17) is 4.52 Å². The molecule has 1 aliphatic heterocycles. The van der Waals surface area contributed by atoms with Crippen LogP contribution in [0.1, 0.15) is 30.2 Å². The van der Waals surface area contributed by atoms with Gasteiger partial charge in [-0.1, -0.05) is 38.8 Å². The van der Waals surface area contributed by atoms with Crippen molar-refractivity contribution in [3.8, 4) is 11.4 Å². The van der Waals surface area contributed by atoms with Crippen LogP contribution in [0.2, 0.25) is 0 Å². The molecule has 1 aliphatic rings. The van der Waals surface area contributed by atoms with Crippen LogP contribution in [-0.4, -0.2) is 36.0 Å². The molecule has 0 spiro atoms. The highest BCUT2D eigenvalue weighted by Crippen LogP contribution is 2.31. The average molecular weight is 462 g/mol. The Morgan fingerprint density at radius 3 is 2.54 bits per heavy atom. The van der Waals surface area contributed by atoms with Gasteiger partial charge in [-0.15, -0.1) is 0 Å². The van der Waals surface area contributed by atoms with Gasteiger partial charge in [0.2, 0.25) is 21.7 Å². The normalized spacial score (nSPS) is 18.3. The van der Waals surface area contributed by atoms with Crippen molar-refractivity contribution in [2.24, 2.45) is 0 Å². The van der Waals surface area contributed by atoms with E-state index < -0.39 is 10.0 Å². The van der Waals surface area contributed by atoms with E-state index in [0.29, 0.717) is 29.7 Å². The summed E-state index contributed by atoms with van der Waals surface area (Å²) < 4.78 is 34.0. The maximum absolute atomic E-state index is 13.0. The Kier molecular flexibility index (Phi) is 5.35. The third-order valence-corrected chi connectivity index (χ3v) is 7.34. The molecule has 1 atom stereocenters. The number of aryl methyl sites for hydroxylation is 1. The molecule has 1 saturated heterocycles. The second kappa shape index (κ2) is 7.77. The molecule has 0 amide bonds. The summed E-state index contributed by atoms with van der Waals surface area (Å²) in [7, 11) is -3.53. The van der Waals surface area contributed by atoms with Crippen LogP contribution in [-0.2, 0) is 10.0 Å². The molecule has 2 heterocycles. The number of sulfonamides is 1. The first-order chi connectivity index (χ1) is 13.4. The molecule has 0 unspecified atom stereocenters. The Hall–Kier alpha value is -2.03. The Morgan fingerprint density at radius 1 is 1.11 bits per heavy atom. The van der Waals surface area contributed by atoms with Crippen LogP contribution in [0.5, 0.6) is 0 Å². The van der Waals surface area contributed by atoms with Crippen LogP contribution in [0.3, 0.4) is 0 Å². The summed E-state index contributed by atoms with van der Waals surface area (Å²) in [5, 5.41) is 4.08. The van der Waals surface area contributed by atoms with Crippen LogP contribution in [0, 0.1) is 6.92 Å². The molecular weight excluding hydrogens is 442 g/mol. The number of benzene rings is 2. The molecule has 0 saturated carbocycles. The van der Waals surface area contributed by atoms with E-state index in [-0.39, 0.29) is 5.92 Å². The van der Waals surface area contributed by atoms with Gasteiger partial charge in [0.15, 0.2) is 0 Å². The molecule has 1 fully saturated rings. The first-order valence-electron chi connectivity index (χ1n) is 9.10. The van der Waals surface area contributed by atoms with Crippen LogP contribution in [0.25, 0.3) is 11.4 Å². The van der Waals surface area contributed by atoms with E-state index in [1.165, 1.54) is 4.31 Å². The summed E-state index contributed by atoms with van der Waals surface area (Å²) in [4.78, 5) is 4.84. The van der Waals surface area contributed by atoms with Crippen LogP contribution >= 0.6 is 15.9 Å². The van der Waals surface area contributed by atoms with Gasteiger partial charge >= 0.3 is 0 Å². The number of hydrogen-bond acceptors (Lipinski definition) is 5. The lowest BCUT2D eigenvalue weighted by Crippen LogP contribution is -2.39. The molecule has 2 aromatic carbocycles. The number of piperidine rings is 1. The van der Waals surface area contributed by atoms with Gasteiger partial charge in [0, 0.05) is 23.1 Å². The molecule has 28 heavy (non-hydrogen) atoms. The zero-order chi connectivity index (χ0) is 19.7. The van der Waals surface area contributed by atoms with Crippen LogP contribution in [0.4, 0.5) is 0 Å². The van der Waals surface area contributed by atoms with Gasteiger partial charge in [0.25, 0.3) is 0 Å². The monoisotopic (exact) mass is 461 g/mol. The third-order valence-electron chi connectivity index (χ3n) is 4.94. The summed E-state index contributed by atoms with van der Waals surface area (Å²) >= 11 is 3.41. The minimum Gasteiger partial charge on any atom is -0.339 e. The molecule has 3 aromatic rings. The minimum atomic E-state index is -3.53. The Labute approximate surface area is 172 Å². The molecular formula is C20H20BrN3O3S. The highest BCUT2D eigenvalue weighted by atomic mass is 79.9. The predicted molar refractivity (Wildman–Crippen MR) is 109 cm³/mol. The first-order valence-corrected chi connectivity index (χ1v) is 11.3. The molecule has 6 nitrogen and oxygen atoms in total. The Morgan fingerprint density at radius 2 is 1.82 bits per heavy atom. The molecule has 4 rings (SSSR count). The Balaban J connectivity index is 1.54. The molecule has 0 bridgehead atoms. The van der Waals surface area contributed by atoms with Crippen molar-refractivity contribution in [1.29, 1.82) is 0 Å². The number of halogens is 1. The fraction of sp³-hybridized carbons (Fsp3) is 0.300. The van der Waals surface area contributed by atoms with Crippen molar-refractivity contribution in [3.63, 3.8) is 0 Å². The maximum Gasteiger partial charge on any atom is 0.243 e. The van der Waals surface area contributed by atoms with Gasteiger partial charge in [-0.3, -0.25) is 0 Å². The predicted octanol–water partition coefficient (Wildman–Crippen LogP) is 4.38. The molecule has 146 valence electrons. The standard InChI is InChI=1S/C20H20BrN3O3S/c1-14-4-10-18(11-5-14)28(25,26)24-12-2-3-16(13-24)20-22-19(23-27-20)15-6-8-17(21)9-7-15/h4-11,16H,2-3,12-13H2,1H3/t16-/m1/s1. The van der Waals surface area contributed by atoms with E-state index in [0.717, 1.165) is 28.4 Å². The molecule has 0 radical (unpaired) electrons. The highest BCUT2D eigenvalue weighted by Gasteiger charge is 2.33. The number of aromatic nitrogens is 2. The fourth-order valence-corrected chi connectivity index (χ4v) is 5.13. The molecule has 0 N–H and O–H groups in total. The number of nitrogens with zero attached hydrogens (tertiary/aromatic N) is 3. The van der Waals surface area contributed by atoms with E-state index in [1.54, 1.807) is 12.1 Å². The lowest BCUT2D eigenvalue weighted by Gasteiger charge is -2.30. The molecule has 8 heteroatoms. The van der Waals surface area contributed by atoms with Crippen molar-refractivity contribution in [1.82, 2.24) is 14.4 Å². The van der Waals surface area contributed by atoms with Crippen molar-refractivity contribution >= 4 is 26.0 Å². The third kappa shape index (κ3) is 3.90. The summed E-state index contributed by atoms with van der Waals surface area (Å²) in [6.07, 6.45) is 1.58. The van der Waals surface area contributed by atoms with Crippen molar-refractivity contribution in [2.75, 3.05) is 13.1 Å². The minimum absolute atomic E-state index is 0.106. The maximum atomic E-state index is 13.0. The lowest BCUT2D eigenvalue weighted by atomic mass is 10.00. The van der Waals surface area contributed by atoms with Crippen LogP contribution < -0.4 is 0 Å². The van der Waals surface area contributed by atoms with Crippen molar-refractivity contribution < 1.29 is 12.9 Å². The van der Waals surface area contributed by atoms with Gasteiger partial charge in [-0.2, -0.15) is 9.29 Å². The Bertz CT molecular complexity index is 1060. The van der Waals surface area contributed by atoms with Gasteiger partial charge in [0.05, 0.1) is 10.8 Å². The number of hydrogen-bond donors (Lipinski definition) is 0. The lowest BCUT2D eigenvalue weighted by molar-refractivity contribution is 0.265. The largest absolute Gasteiger partial charge is 0.339 e. The van der Waals surface area contributed by atoms with Gasteiger partial charge in [-0.25, -0.2) is 8.42 Å². The van der Waals surface area contributed by atoms with Gasteiger partial charge < -0.3 is 4.52 Å². The topological polar surface area (TPSA) is 76.3 Å². The fourth-order valence-electron chi connectivity index (χ4n) is 3.34. The smallest absolute Gasteiger partial charge is 0.243 e. The quantitative estimate of drug-likeness (QED) is 0.576. The van der Waals surface area contributed by atoms with Gasteiger partial charge in [0.1, 0.15) is 0 Å². The molecule has 0 aliphatic carbocycles. The second-order valence-electron chi connectivity index (χ2n) is 6.98. The number of rotatable bonds is 4. The first kappa shape index (κ1) is 19.3. The zero-order valence-corrected chi connectivity index (χ0v) is 17.8. The second-order valence-corrected chi connectivity index (χ2v) is 9.83. The SMILES string of the molecule is Cc1ccc(S(=O)(=O)N2CCC[C@@H](c3nc(-c4ccc(Br)cc4)no3)C2)cc1. The zero-order valence-electron chi connectivity index (χ0n) is 15.4. The summed E-state index contributed by atoms with van der Waals surface area (Å²) in [6.45, 7) is 2.78. The van der Waals surface area contributed by atoms with Crippen LogP contribution in [0.15, 0.2) is 62.4 Å².